The van der Waals surface area contributed by atoms with E-state index in [1.165, 1.54) is 24.1 Å². The van der Waals surface area contributed by atoms with Crippen LogP contribution >= 0.6 is 0 Å². The Bertz CT molecular complexity index is 1080. The van der Waals surface area contributed by atoms with Crippen molar-refractivity contribution < 1.29 is 50.4 Å². The van der Waals surface area contributed by atoms with Crippen molar-refractivity contribution in [3.8, 4) is 11.6 Å². The molecule has 2 atom stereocenters. The predicted octanol–water partition coefficient (Wildman–Crippen LogP) is 3.40. The van der Waals surface area contributed by atoms with E-state index in [9.17, 15) is 26.7 Å². The Hall–Kier alpha value is -3.03. The van der Waals surface area contributed by atoms with Crippen LogP contribution in [0.1, 0.15) is 22.5 Å². The first-order valence-electron chi connectivity index (χ1n) is 10.5. The lowest BCUT2D eigenvalue weighted by atomic mass is 9.81. The van der Waals surface area contributed by atoms with Gasteiger partial charge in [-0.3, -0.25) is 9.53 Å². The number of aromatic nitrogens is 1. The number of pyridine rings is 1. The van der Waals surface area contributed by atoms with Gasteiger partial charge < -0.3 is 23.8 Å². The third kappa shape index (κ3) is 5.31. The van der Waals surface area contributed by atoms with E-state index >= 15 is 0 Å². The van der Waals surface area contributed by atoms with Crippen LogP contribution < -0.4 is 9.47 Å². The molecule has 35 heavy (non-hydrogen) atoms. The summed E-state index contributed by atoms with van der Waals surface area (Å²) in [5.74, 6) is -1.81. The zero-order valence-electron chi connectivity index (χ0n) is 18.4. The number of carbonyl (C=O) groups excluding carboxylic acids is 1. The van der Waals surface area contributed by atoms with Gasteiger partial charge in [-0.1, -0.05) is 0 Å². The zero-order valence-corrected chi connectivity index (χ0v) is 18.4. The summed E-state index contributed by atoms with van der Waals surface area (Å²) in [4.78, 5) is 18.6. The normalized spacial score (nSPS) is 22.1. The maximum absolute atomic E-state index is 14.5. The molecule has 0 bridgehead atoms. The van der Waals surface area contributed by atoms with Gasteiger partial charge in [-0.15, -0.1) is 13.2 Å². The summed E-state index contributed by atoms with van der Waals surface area (Å²) >= 11 is 0. The number of likely N-dealkylation sites (tertiary alicyclic amines) is 1. The Morgan fingerprint density at radius 1 is 1.23 bits per heavy atom. The van der Waals surface area contributed by atoms with E-state index in [0.717, 1.165) is 18.2 Å². The maximum Gasteiger partial charge on any atom is 0.522 e. The lowest BCUT2D eigenvalue weighted by molar-refractivity contribution is -0.325. The monoisotopic (exact) mass is 504 g/mol. The van der Waals surface area contributed by atoms with Gasteiger partial charge in [0.15, 0.2) is 5.75 Å². The standard InChI is InChI=1S/C22H21F5N2O6/c1-31-19-17(32-8-9-34-22(25,26)27)5-4-16(28-19)20(30)29-7-6-21(18(11-29)33-12-35-21)14-10-13(23)2-3-15(14)24/h2-5,10,18H,6-9,11-12H2,1H3/t18?,21-/m1/s1. The first-order valence-corrected chi connectivity index (χ1v) is 10.5. The molecule has 4 rings (SSSR count). The molecule has 2 aromatic rings. The van der Waals surface area contributed by atoms with E-state index in [0.29, 0.717) is 0 Å². The number of halogens is 5. The van der Waals surface area contributed by atoms with Crippen LogP contribution in [0.4, 0.5) is 22.0 Å². The number of piperidine rings is 1. The molecular formula is C22H21F5N2O6. The Labute approximate surface area is 196 Å². The molecule has 190 valence electrons. The fraction of sp³-hybridized carbons (Fsp3) is 0.455. The van der Waals surface area contributed by atoms with Gasteiger partial charge in [0.1, 0.15) is 42.4 Å². The van der Waals surface area contributed by atoms with Gasteiger partial charge >= 0.3 is 6.36 Å². The van der Waals surface area contributed by atoms with Crippen molar-refractivity contribution in [2.45, 2.75) is 24.5 Å². The predicted molar refractivity (Wildman–Crippen MR) is 108 cm³/mol. The quantitative estimate of drug-likeness (QED) is 0.423. The van der Waals surface area contributed by atoms with Crippen molar-refractivity contribution in [1.29, 1.82) is 0 Å². The zero-order chi connectivity index (χ0) is 25.2. The van der Waals surface area contributed by atoms with Crippen LogP contribution in [0.15, 0.2) is 30.3 Å². The third-order valence-electron chi connectivity index (χ3n) is 5.76. The smallest absolute Gasteiger partial charge is 0.486 e. The first-order chi connectivity index (χ1) is 16.6. The minimum atomic E-state index is -4.78. The van der Waals surface area contributed by atoms with Gasteiger partial charge in [0.05, 0.1) is 20.3 Å². The molecule has 2 fully saturated rings. The molecule has 2 aliphatic rings. The van der Waals surface area contributed by atoms with Crippen molar-refractivity contribution in [1.82, 2.24) is 9.88 Å². The van der Waals surface area contributed by atoms with Gasteiger partial charge in [0, 0.05) is 18.5 Å². The van der Waals surface area contributed by atoms with Gasteiger partial charge in [-0.05, 0) is 30.3 Å². The molecule has 3 heterocycles. The maximum atomic E-state index is 14.5. The van der Waals surface area contributed by atoms with Gasteiger partial charge in [-0.25, -0.2) is 13.8 Å². The van der Waals surface area contributed by atoms with Gasteiger partial charge in [-0.2, -0.15) is 0 Å². The Morgan fingerprint density at radius 2 is 2.03 bits per heavy atom. The highest BCUT2D eigenvalue weighted by Gasteiger charge is 2.52. The molecule has 0 N–H and O–H groups in total. The molecule has 8 nitrogen and oxygen atoms in total. The van der Waals surface area contributed by atoms with E-state index in [-0.39, 0.29) is 49.2 Å². The number of hydrogen-bond donors (Lipinski definition) is 0. The van der Waals surface area contributed by atoms with Crippen LogP contribution in [0, 0.1) is 11.6 Å². The highest BCUT2D eigenvalue weighted by Crippen LogP contribution is 2.44. The fourth-order valence-corrected chi connectivity index (χ4v) is 4.14. The number of hydrogen-bond acceptors (Lipinski definition) is 7. The van der Waals surface area contributed by atoms with Crippen LogP contribution in [0.3, 0.4) is 0 Å². The molecule has 1 aromatic carbocycles. The van der Waals surface area contributed by atoms with E-state index in [2.05, 4.69) is 9.72 Å². The van der Waals surface area contributed by atoms with Crippen molar-refractivity contribution >= 4 is 5.91 Å². The summed E-state index contributed by atoms with van der Waals surface area (Å²) in [6.45, 7) is -1.12. The van der Waals surface area contributed by atoms with E-state index < -0.39 is 48.8 Å². The van der Waals surface area contributed by atoms with E-state index in [1.54, 1.807) is 0 Å². The molecule has 1 aromatic heterocycles. The Balaban J connectivity index is 1.45. The van der Waals surface area contributed by atoms with Crippen molar-refractivity contribution in [2.75, 3.05) is 40.2 Å². The lowest BCUT2D eigenvalue weighted by Crippen LogP contribution is -2.54. The molecular weight excluding hydrogens is 483 g/mol. The number of benzene rings is 1. The van der Waals surface area contributed by atoms with Crippen molar-refractivity contribution in [3.05, 3.63) is 53.2 Å². The molecule has 0 spiro atoms. The van der Waals surface area contributed by atoms with Gasteiger partial charge in [0.2, 0.25) is 0 Å². The van der Waals surface area contributed by atoms with Crippen LogP contribution in [-0.4, -0.2) is 68.5 Å². The Kier molecular flexibility index (Phi) is 7.10. The largest absolute Gasteiger partial charge is 0.522 e. The molecule has 1 unspecified atom stereocenters. The van der Waals surface area contributed by atoms with E-state index in [4.69, 9.17) is 18.9 Å². The number of nitrogens with zero attached hydrogens (tertiary/aromatic N) is 2. The summed E-state index contributed by atoms with van der Waals surface area (Å²) in [7, 11) is 1.27. The summed E-state index contributed by atoms with van der Waals surface area (Å²) in [6.07, 6.45) is -5.36. The number of carbonyl (C=O) groups is 1. The SMILES string of the molecule is COc1nc(C(=O)N2CC[C@]3(c4cc(F)ccc4F)OCOC3C2)ccc1OCCOC(F)(F)F. The van der Waals surface area contributed by atoms with Crippen LogP contribution in [-0.2, 0) is 19.8 Å². The lowest BCUT2D eigenvalue weighted by Gasteiger charge is -2.41. The highest BCUT2D eigenvalue weighted by atomic mass is 19.4. The second-order valence-corrected chi connectivity index (χ2v) is 7.78. The number of fused-ring (bicyclic) bond motifs is 1. The van der Waals surface area contributed by atoms with Gasteiger partial charge in [0.25, 0.3) is 11.8 Å². The first kappa shape index (κ1) is 25.1. The number of amides is 1. The number of methoxy groups -OCH3 is 1. The summed E-state index contributed by atoms with van der Waals surface area (Å²) in [5.41, 5.74) is -1.21. The van der Waals surface area contributed by atoms with Crippen LogP contribution in [0.5, 0.6) is 11.6 Å². The fourth-order valence-electron chi connectivity index (χ4n) is 4.14. The third-order valence-corrected chi connectivity index (χ3v) is 5.76. The summed E-state index contributed by atoms with van der Waals surface area (Å²) in [5, 5.41) is 0. The second-order valence-electron chi connectivity index (χ2n) is 7.78. The topological polar surface area (TPSA) is 79.4 Å². The average Bonchev–Trinajstić information content (AvgIpc) is 3.26. The molecule has 0 aliphatic carbocycles. The van der Waals surface area contributed by atoms with Crippen molar-refractivity contribution in [3.63, 3.8) is 0 Å². The minimum Gasteiger partial charge on any atom is -0.486 e. The highest BCUT2D eigenvalue weighted by molar-refractivity contribution is 5.92. The number of rotatable bonds is 7. The van der Waals surface area contributed by atoms with E-state index in [1.807, 2.05) is 0 Å². The number of alkyl halides is 3. The average molecular weight is 504 g/mol. The molecule has 2 saturated heterocycles. The molecule has 1 amide bonds. The molecule has 2 aliphatic heterocycles. The number of ether oxygens (including phenoxy) is 5. The summed E-state index contributed by atoms with van der Waals surface area (Å²) < 4.78 is 89.8. The van der Waals surface area contributed by atoms with Crippen LogP contribution in [0.25, 0.3) is 0 Å². The Morgan fingerprint density at radius 3 is 2.77 bits per heavy atom. The molecule has 0 radical (unpaired) electrons. The summed E-state index contributed by atoms with van der Waals surface area (Å²) in [6, 6.07) is 5.78. The van der Waals surface area contributed by atoms with Crippen molar-refractivity contribution in [2.24, 2.45) is 0 Å². The van der Waals surface area contributed by atoms with Crippen LogP contribution in [0.2, 0.25) is 0 Å². The molecule has 0 saturated carbocycles. The molecule has 13 heteroatoms. The second kappa shape index (κ2) is 9.91. The minimum absolute atomic E-state index is 0.0101.